The number of ether oxygens (including phenoxy) is 1. The first-order chi connectivity index (χ1) is 10.0. The number of carbonyl (C=O) groups excluding carboxylic acids is 2. The Hall–Kier alpha value is -2.09. The third-order valence-corrected chi connectivity index (χ3v) is 2.95. The first-order valence-corrected chi connectivity index (χ1v) is 6.88. The molecule has 0 aromatic carbocycles. The lowest BCUT2D eigenvalue weighted by atomic mass is 10.3. The van der Waals surface area contributed by atoms with Crippen molar-refractivity contribution in [2.24, 2.45) is 0 Å². The maximum atomic E-state index is 12.1. The summed E-state index contributed by atoms with van der Waals surface area (Å²) in [5, 5.41) is 9.54. The van der Waals surface area contributed by atoms with E-state index in [-0.39, 0.29) is 24.8 Å². The summed E-state index contributed by atoms with van der Waals surface area (Å²) in [7, 11) is 1.57. The Labute approximate surface area is 124 Å². The van der Waals surface area contributed by atoms with Crippen LogP contribution >= 0.6 is 0 Å². The fraction of sp³-hybridized carbons (Fsp3) is 0.615. The van der Waals surface area contributed by atoms with Crippen molar-refractivity contribution in [2.75, 3.05) is 32.5 Å². The lowest BCUT2D eigenvalue weighted by molar-refractivity contribution is -0.121. The van der Waals surface area contributed by atoms with Gasteiger partial charge in [-0.1, -0.05) is 0 Å². The molecule has 118 valence electrons. The van der Waals surface area contributed by atoms with Gasteiger partial charge in [-0.15, -0.1) is 0 Å². The van der Waals surface area contributed by atoms with Gasteiger partial charge in [0.1, 0.15) is 5.69 Å². The highest BCUT2D eigenvalue weighted by Crippen LogP contribution is 2.15. The summed E-state index contributed by atoms with van der Waals surface area (Å²) >= 11 is 0. The predicted octanol–water partition coefficient (Wildman–Crippen LogP) is -0.324. The number of aryl methyl sites for hydroxylation is 2. The lowest BCUT2D eigenvalue weighted by Gasteiger charge is -2.08. The van der Waals surface area contributed by atoms with Gasteiger partial charge in [0.15, 0.2) is 0 Å². The van der Waals surface area contributed by atoms with Gasteiger partial charge in [-0.2, -0.15) is 5.10 Å². The highest BCUT2D eigenvalue weighted by Gasteiger charge is 2.18. The van der Waals surface area contributed by atoms with Gasteiger partial charge < -0.3 is 21.1 Å². The van der Waals surface area contributed by atoms with E-state index in [2.05, 4.69) is 15.7 Å². The van der Waals surface area contributed by atoms with E-state index < -0.39 is 0 Å². The van der Waals surface area contributed by atoms with E-state index in [1.165, 1.54) is 0 Å². The minimum atomic E-state index is -0.320. The van der Waals surface area contributed by atoms with Crippen molar-refractivity contribution in [1.82, 2.24) is 20.4 Å². The first kappa shape index (κ1) is 17.0. The van der Waals surface area contributed by atoms with Crippen LogP contribution in [0, 0.1) is 6.92 Å². The van der Waals surface area contributed by atoms with Crippen LogP contribution in [0.5, 0.6) is 0 Å². The highest BCUT2D eigenvalue weighted by atomic mass is 16.5. The lowest BCUT2D eigenvalue weighted by Crippen LogP contribution is -2.33. The van der Waals surface area contributed by atoms with E-state index in [1.807, 2.05) is 6.92 Å². The molecule has 0 saturated carbocycles. The van der Waals surface area contributed by atoms with E-state index in [0.29, 0.717) is 36.8 Å². The predicted molar refractivity (Wildman–Crippen MR) is 78.9 cm³/mol. The summed E-state index contributed by atoms with van der Waals surface area (Å²) in [5.74, 6) is -0.458. The number of nitrogens with zero attached hydrogens (tertiary/aromatic N) is 2. The number of hydrogen-bond donors (Lipinski definition) is 3. The van der Waals surface area contributed by atoms with Crippen molar-refractivity contribution in [3.8, 4) is 0 Å². The van der Waals surface area contributed by atoms with E-state index in [9.17, 15) is 9.59 Å². The molecule has 1 aromatic rings. The number of aromatic nitrogens is 2. The third-order valence-electron chi connectivity index (χ3n) is 2.95. The minimum Gasteiger partial charge on any atom is -0.395 e. The smallest absolute Gasteiger partial charge is 0.271 e. The molecule has 1 heterocycles. The molecule has 0 aliphatic heterocycles. The van der Waals surface area contributed by atoms with Crippen LogP contribution in [0.2, 0.25) is 0 Å². The van der Waals surface area contributed by atoms with Crippen molar-refractivity contribution in [1.29, 1.82) is 0 Å². The Balaban J connectivity index is 2.46. The van der Waals surface area contributed by atoms with Gasteiger partial charge in [-0.05, 0) is 13.8 Å². The van der Waals surface area contributed by atoms with Gasteiger partial charge in [-0.3, -0.25) is 14.3 Å². The molecule has 1 rings (SSSR count). The second-order valence-electron chi connectivity index (χ2n) is 4.51. The van der Waals surface area contributed by atoms with Gasteiger partial charge in [0.2, 0.25) is 5.91 Å². The van der Waals surface area contributed by atoms with E-state index in [0.717, 1.165) is 0 Å². The van der Waals surface area contributed by atoms with Crippen molar-refractivity contribution in [2.45, 2.75) is 26.8 Å². The summed E-state index contributed by atoms with van der Waals surface area (Å²) in [6.07, 6.45) is 0.203. The van der Waals surface area contributed by atoms with E-state index >= 15 is 0 Å². The maximum absolute atomic E-state index is 12.1. The van der Waals surface area contributed by atoms with Gasteiger partial charge in [0.05, 0.1) is 18.0 Å². The van der Waals surface area contributed by atoms with Crippen molar-refractivity contribution in [3.63, 3.8) is 0 Å². The molecule has 4 N–H and O–H groups in total. The zero-order chi connectivity index (χ0) is 15.8. The Bertz CT molecular complexity index is 498. The normalized spacial score (nSPS) is 10.4. The maximum Gasteiger partial charge on any atom is 0.271 e. The van der Waals surface area contributed by atoms with Crippen LogP contribution < -0.4 is 16.4 Å². The zero-order valence-corrected chi connectivity index (χ0v) is 12.7. The van der Waals surface area contributed by atoms with Crippen molar-refractivity contribution >= 4 is 17.5 Å². The average Bonchev–Trinajstić information content (AvgIpc) is 2.74. The first-order valence-electron chi connectivity index (χ1n) is 6.88. The zero-order valence-electron chi connectivity index (χ0n) is 12.7. The minimum absolute atomic E-state index is 0.138. The van der Waals surface area contributed by atoms with Gasteiger partial charge in [0.25, 0.3) is 5.91 Å². The fourth-order valence-corrected chi connectivity index (χ4v) is 1.82. The molecule has 0 bridgehead atoms. The van der Waals surface area contributed by atoms with Crippen LogP contribution in [-0.4, -0.2) is 48.4 Å². The summed E-state index contributed by atoms with van der Waals surface area (Å²) < 4.78 is 6.38. The Kier molecular flexibility index (Phi) is 6.67. The number of anilines is 1. The number of nitrogen functional groups attached to an aromatic ring is 1. The second kappa shape index (κ2) is 8.25. The summed E-state index contributed by atoms with van der Waals surface area (Å²) in [6.45, 7) is 5.35. The molecule has 0 atom stereocenters. The molecule has 0 unspecified atom stereocenters. The molecule has 8 heteroatoms. The third kappa shape index (κ3) is 4.75. The molecule has 0 saturated heterocycles. The van der Waals surface area contributed by atoms with Gasteiger partial charge in [0, 0.05) is 33.2 Å². The molecule has 0 fully saturated rings. The van der Waals surface area contributed by atoms with Crippen LogP contribution in [0.4, 0.5) is 5.69 Å². The van der Waals surface area contributed by atoms with Crippen LogP contribution in [0.1, 0.15) is 29.5 Å². The fourth-order valence-electron chi connectivity index (χ4n) is 1.82. The Morgan fingerprint density at radius 3 is 2.67 bits per heavy atom. The molecule has 0 aliphatic carbocycles. The molecule has 0 spiro atoms. The molecule has 0 aliphatic rings. The van der Waals surface area contributed by atoms with Gasteiger partial charge >= 0.3 is 0 Å². The molecule has 1 aromatic heterocycles. The average molecular weight is 297 g/mol. The number of nitrogens with two attached hydrogens (primary N) is 1. The van der Waals surface area contributed by atoms with Crippen molar-refractivity contribution in [3.05, 3.63) is 11.4 Å². The summed E-state index contributed by atoms with van der Waals surface area (Å²) in [5.41, 5.74) is 7.20. The standard InChI is InChI=1S/C13H23N5O3/c1-4-18-12(11(14)9(2)17-18)13(20)16-6-5-10(19)15-7-8-21-3/h4-8,14H2,1-3H3,(H,15,19)(H,16,20). The SMILES string of the molecule is CCn1nc(C)c(N)c1C(=O)NCCC(=O)NCCOC. The topological polar surface area (TPSA) is 111 Å². The number of carbonyl (C=O) groups is 2. The quantitative estimate of drug-likeness (QED) is 0.569. The number of hydrogen-bond acceptors (Lipinski definition) is 5. The monoisotopic (exact) mass is 297 g/mol. The highest BCUT2D eigenvalue weighted by molar-refractivity contribution is 5.98. The van der Waals surface area contributed by atoms with Crippen LogP contribution in [0.3, 0.4) is 0 Å². The van der Waals surface area contributed by atoms with Crippen LogP contribution in [-0.2, 0) is 16.1 Å². The number of nitrogens with one attached hydrogen (secondary N) is 2. The van der Waals surface area contributed by atoms with Crippen LogP contribution in [0.25, 0.3) is 0 Å². The molecule has 8 nitrogen and oxygen atoms in total. The number of amides is 2. The number of rotatable bonds is 8. The molecular formula is C13H23N5O3. The molecule has 21 heavy (non-hydrogen) atoms. The number of methoxy groups -OCH3 is 1. The molecule has 2 amide bonds. The summed E-state index contributed by atoms with van der Waals surface area (Å²) in [4.78, 5) is 23.6. The Morgan fingerprint density at radius 1 is 1.33 bits per heavy atom. The van der Waals surface area contributed by atoms with E-state index in [1.54, 1.807) is 18.7 Å². The second-order valence-corrected chi connectivity index (χ2v) is 4.51. The largest absolute Gasteiger partial charge is 0.395 e. The molecular weight excluding hydrogens is 274 g/mol. The molecule has 0 radical (unpaired) electrons. The van der Waals surface area contributed by atoms with Crippen LogP contribution in [0.15, 0.2) is 0 Å². The van der Waals surface area contributed by atoms with Crippen molar-refractivity contribution < 1.29 is 14.3 Å². The van der Waals surface area contributed by atoms with Gasteiger partial charge in [-0.25, -0.2) is 0 Å². The Morgan fingerprint density at radius 2 is 2.05 bits per heavy atom. The summed E-state index contributed by atoms with van der Waals surface area (Å²) in [6, 6.07) is 0. The van der Waals surface area contributed by atoms with E-state index in [4.69, 9.17) is 10.5 Å².